The molecule has 0 radical (unpaired) electrons. The van der Waals surface area contributed by atoms with E-state index in [-0.39, 0.29) is 11.1 Å². The molecule has 2 aromatic carbocycles. The number of aromatic nitrogens is 3. The Hall–Kier alpha value is -2.82. The van der Waals surface area contributed by atoms with Gasteiger partial charge in [-0.3, -0.25) is 4.79 Å². The van der Waals surface area contributed by atoms with Crippen molar-refractivity contribution in [3.05, 3.63) is 64.5 Å². The van der Waals surface area contributed by atoms with Crippen molar-refractivity contribution in [3.8, 4) is 22.7 Å². The monoisotopic (exact) mass is 478 g/mol. The van der Waals surface area contributed by atoms with Crippen molar-refractivity contribution < 1.29 is 18.0 Å². The normalized spacial score (nSPS) is 12.0. The van der Waals surface area contributed by atoms with Crippen molar-refractivity contribution in [1.29, 1.82) is 0 Å². The molecule has 6 nitrogen and oxygen atoms in total. The predicted molar refractivity (Wildman–Crippen MR) is 116 cm³/mol. The summed E-state index contributed by atoms with van der Waals surface area (Å²) in [5, 5.41) is 12.8. The number of rotatable bonds is 6. The quantitative estimate of drug-likeness (QED) is 0.347. The summed E-state index contributed by atoms with van der Waals surface area (Å²) in [6, 6.07) is 10.5. The number of anilines is 1. The van der Waals surface area contributed by atoms with Gasteiger partial charge in [-0.2, -0.15) is 0 Å². The zero-order chi connectivity index (χ0) is 22.0. The molecule has 1 N–H and O–H groups in total. The van der Waals surface area contributed by atoms with Gasteiger partial charge in [0.25, 0.3) is 5.22 Å². The van der Waals surface area contributed by atoms with Crippen molar-refractivity contribution in [2.24, 2.45) is 0 Å². The lowest BCUT2D eigenvalue weighted by atomic mass is 10.2. The van der Waals surface area contributed by atoms with Gasteiger partial charge in [-0.05, 0) is 43.3 Å². The molecular weight excluding hydrogens is 466 g/mol. The van der Waals surface area contributed by atoms with Gasteiger partial charge in [-0.1, -0.05) is 29.4 Å². The first-order chi connectivity index (χ1) is 14.9. The summed E-state index contributed by atoms with van der Waals surface area (Å²) in [6.07, 6.45) is 0. The second-order valence-electron chi connectivity index (χ2n) is 6.30. The zero-order valence-corrected chi connectivity index (χ0v) is 18.2. The molecule has 4 rings (SSSR count). The lowest BCUT2D eigenvalue weighted by Crippen LogP contribution is -2.22. The first-order valence-electron chi connectivity index (χ1n) is 8.87. The van der Waals surface area contributed by atoms with E-state index in [1.807, 2.05) is 0 Å². The third kappa shape index (κ3) is 5.09. The SMILES string of the molecule is C[C@H](Sc1nnc(-c2cccc(Cl)c2)o1)C(=O)Nc1nc(-c2ccc(F)c(F)c2)cs1. The van der Waals surface area contributed by atoms with Gasteiger partial charge in [-0.15, -0.1) is 21.5 Å². The number of nitrogens with zero attached hydrogens (tertiary/aromatic N) is 3. The summed E-state index contributed by atoms with van der Waals surface area (Å²) in [6.45, 7) is 1.69. The molecule has 0 aliphatic heterocycles. The van der Waals surface area contributed by atoms with Crippen LogP contribution in [0.25, 0.3) is 22.7 Å². The molecule has 11 heteroatoms. The predicted octanol–water partition coefficient (Wildman–Crippen LogP) is 5.91. The number of benzene rings is 2. The van der Waals surface area contributed by atoms with Crippen LogP contribution in [0.3, 0.4) is 0 Å². The first kappa shape index (κ1) is 21.4. The van der Waals surface area contributed by atoms with Crippen LogP contribution >= 0.6 is 34.7 Å². The number of carbonyl (C=O) groups is 1. The van der Waals surface area contributed by atoms with E-state index in [0.717, 1.165) is 23.9 Å². The van der Waals surface area contributed by atoms with E-state index >= 15 is 0 Å². The second kappa shape index (κ2) is 9.13. The molecule has 0 saturated carbocycles. The van der Waals surface area contributed by atoms with E-state index < -0.39 is 16.9 Å². The van der Waals surface area contributed by atoms with Crippen molar-refractivity contribution in [2.45, 2.75) is 17.4 Å². The Morgan fingerprint density at radius 1 is 1.16 bits per heavy atom. The van der Waals surface area contributed by atoms with Crippen LogP contribution in [0.1, 0.15) is 6.92 Å². The molecule has 0 fully saturated rings. The van der Waals surface area contributed by atoms with Crippen molar-refractivity contribution in [3.63, 3.8) is 0 Å². The lowest BCUT2D eigenvalue weighted by Gasteiger charge is -2.07. The minimum atomic E-state index is -0.960. The molecule has 2 aromatic heterocycles. The van der Waals surface area contributed by atoms with Crippen LogP contribution in [-0.2, 0) is 4.79 Å². The van der Waals surface area contributed by atoms with Crippen molar-refractivity contribution in [2.75, 3.05) is 5.32 Å². The van der Waals surface area contributed by atoms with E-state index in [2.05, 4.69) is 20.5 Å². The Morgan fingerprint density at radius 3 is 2.77 bits per heavy atom. The van der Waals surface area contributed by atoms with Gasteiger partial charge >= 0.3 is 0 Å². The highest BCUT2D eigenvalue weighted by Gasteiger charge is 2.20. The van der Waals surface area contributed by atoms with Gasteiger partial charge in [0.2, 0.25) is 11.8 Å². The number of thiazole rings is 1. The third-order valence-corrected chi connectivity index (χ3v) is 6.00. The molecule has 0 unspecified atom stereocenters. The van der Waals surface area contributed by atoms with E-state index in [1.54, 1.807) is 36.6 Å². The molecule has 0 aliphatic carbocycles. The van der Waals surface area contributed by atoms with Gasteiger partial charge in [-0.25, -0.2) is 13.8 Å². The summed E-state index contributed by atoms with van der Waals surface area (Å²) in [5.41, 5.74) is 1.52. The van der Waals surface area contributed by atoms with Gasteiger partial charge < -0.3 is 9.73 Å². The first-order valence-corrected chi connectivity index (χ1v) is 11.0. The summed E-state index contributed by atoms with van der Waals surface area (Å²) in [4.78, 5) is 16.8. The summed E-state index contributed by atoms with van der Waals surface area (Å²) in [7, 11) is 0. The Labute approximate surface area is 188 Å². The van der Waals surface area contributed by atoms with Gasteiger partial charge in [0.05, 0.1) is 10.9 Å². The summed E-state index contributed by atoms with van der Waals surface area (Å²) in [5.74, 6) is -1.91. The number of carbonyl (C=O) groups excluding carboxylic acids is 1. The zero-order valence-electron chi connectivity index (χ0n) is 15.8. The molecule has 0 aliphatic rings. The molecule has 0 spiro atoms. The molecule has 1 amide bonds. The van der Waals surface area contributed by atoms with Crippen LogP contribution in [0, 0.1) is 11.6 Å². The van der Waals surface area contributed by atoms with Crippen LogP contribution in [0.5, 0.6) is 0 Å². The van der Waals surface area contributed by atoms with Crippen LogP contribution in [0.2, 0.25) is 5.02 Å². The number of hydrogen-bond donors (Lipinski definition) is 1. The van der Waals surface area contributed by atoms with E-state index in [9.17, 15) is 13.6 Å². The maximum Gasteiger partial charge on any atom is 0.277 e. The fourth-order valence-corrected chi connectivity index (χ4v) is 4.12. The Morgan fingerprint density at radius 2 is 2.00 bits per heavy atom. The lowest BCUT2D eigenvalue weighted by molar-refractivity contribution is -0.115. The average molecular weight is 479 g/mol. The topological polar surface area (TPSA) is 80.9 Å². The van der Waals surface area contributed by atoms with Crippen molar-refractivity contribution >= 4 is 45.7 Å². The highest BCUT2D eigenvalue weighted by atomic mass is 35.5. The minimum Gasteiger partial charge on any atom is -0.411 e. The largest absolute Gasteiger partial charge is 0.411 e. The fourth-order valence-electron chi connectivity index (χ4n) is 2.53. The standard InChI is InChI=1S/C20H13ClF2N4O2S2/c1-10(31-20-27-26-18(29-20)12-3-2-4-13(21)7-12)17(28)25-19-24-16(9-30-19)11-5-6-14(22)15(23)8-11/h2-10H,1H3,(H,24,25,28)/t10-/m0/s1. The third-order valence-electron chi connectivity index (χ3n) is 4.07. The number of nitrogens with one attached hydrogen (secondary N) is 1. The van der Waals surface area contributed by atoms with Gasteiger partial charge in [0.15, 0.2) is 16.8 Å². The molecular formula is C20H13ClF2N4O2S2. The average Bonchev–Trinajstić information content (AvgIpc) is 3.40. The van der Waals surface area contributed by atoms with Crippen LogP contribution in [0.4, 0.5) is 13.9 Å². The molecule has 4 aromatic rings. The Balaban J connectivity index is 1.39. The van der Waals surface area contributed by atoms with E-state index in [4.69, 9.17) is 16.0 Å². The van der Waals surface area contributed by atoms with E-state index in [0.29, 0.717) is 32.9 Å². The maximum atomic E-state index is 13.4. The number of thioether (sulfide) groups is 1. The molecule has 0 bridgehead atoms. The van der Waals surface area contributed by atoms with Crippen LogP contribution < -0.4 is 5.32 Å². The molecule has 158 valence electrons. The van der Waals surface area contributed by atoms with Crippen LogP contribution in [-0.4, -0.2) is 26.3 Å². The fraction of sp³-hybridized carbons (Fsp3) is 0.100. The molecule has 1 atom stereocenters. The Bertz CT molecular complexity index is 1250. The number of amides is 1. The molecule has 31 heavy (non-hydrogen) atoms. The van der Waals surface area contributed by atoms with Crippen molar-refractivity contribution in [1.82, 2.24) is 15.2 Å². The summed E-state index contributed by atoms with van der Waals surface area (Å²) >= 11 is 8.25. The van der Waals surface area contributed by atoms with Gasteiger partial charge in [0.1, 0.15) is 0 Å². The minimum absolute atomic E-state index is 0.235. The number of halogens is 3. The summed E-state index contributed by atoms with van der Waals surface area (Å²) < 4.78 is 32.1. The smallest absolute Gasteiger partial charge is 0.277 e. The number of hydrogen-bond acceptors (Lipinski definition) is 7. The molecule has 2 heterocycles. The highest BCUT2D eigenvalue weighted by molar-refractivity contribution is 8.00. The highest BCUT2D eigenvalue weighted by Crippen LogP contribution is 2.29. The van der Waals surface area contributed by atoms with E-state index in [1.165, 1.54) is 17.4 Å². The maximum absolute atomic E-state index is 13.4. The Kier molecular flexibility index (Phi) is 6.30. The molecule has 0 saturated heterocycles. The van der Waals surface area contributed by atoms with Gasteiger partial charge in [0, 0.05) is 21.5 Å². The second-order valence-corrected chi connectivity index (χ2v) is 8.89. The van der Waals surface area contributed by atoms with Crippen LogP contribution in [0.15, 0.2) is 57.5 Å².